The lowest BCUT2D eigenvalue weighted by Gasteiger charge is -2.27. The molecule has 2 aromatic heterocycles. The molecule has 56 heavy (non-hydrogen) atoms. The van der Waals surface area contributed by atoms with Crippen molar-refractivity contribution >= 4 is 29.5 Å². The summed E-state index contributed by atoms with van der Waals surface area (Å²) < 4.78 is 4.80. The average molecular weight is 772 g/mol. The van der Waals surface area contributed by atoms with Gasteiger partial charge in [-0.25, -0.2) is 14.8 Å². The molecule has 0 unspecified atom stereocenters. The first-order chi connectivity index (χ1) is 27.3. The van der Waals surface area contributed by atoms with Gasteiger partial charge in [-0.3, -0.25) is 9.59 Å². The summed E-state index contributed by atoms with van der Waals surface area (Å²) in [6.07, 6.45) is 3.04. The molecule has 1 atom stereocenters. The zero-order chi connectivity index (χ0) is 39.4. The molecule has 0 saturated carbocycles. The molecule has 0 aliphatic heterocycles. The number of aromatic nitrogens is 4. The van der Waals surface area contributed by atoms with Crippen LogP contribution in [0.1, 0.15) is 55.5 Å². The van der Waals surface area contributed by atoms with Crippen molar-refractivity contribution in [2.24, 2.45) is 0 Å². The van der Waals surface area contributed by atoms with Crippen LogP contribution >= 0.6 is 11.6 Å². The summed E-state index contributed by atoms with van der Waals surface area (Å²) in [4.78, 5) is 58.5. The molecule has 0 bridgehead atoms. The first kappa shape index (κ1) is 39.5. The predicted molar refractivity (Wildman–Crippen MR) is 218 cm³/mol. The summed E-state index contributed by atoms with van der Waals surface area (Å²) in [5.74, 6) is 1.06. The number of carbonyl (C=O) groups is 3. The maximum atomic E-state index is 13.8. The lowest BCUT2D eigenvalue weighted by atomic mass is 10.0. The van der Waals surface area contributed by atoms with Gasteiger partial charge in [0.1, 0.15) is 17.7 Å². The van der Waals surface area contributed by atoms with Crippen molar-refractivity contribution < 1.29 is 19.1 Å². The number of benzene rings is 4. The van der Waals surface area contributed by atoms with Crippen molar-refractivity contribution in [2.45, 2.75) is 52.2 Å². The number of aromatic amines is 2. The summed E-state index contributed by atoms with van der Waals surface area (Å²) >= 11 is 6.64. The third-order valence-corrected chi connectivity index (χ3v) is 9.67. The van der Waals surface area contributed by atoms with E-state index in [1.165, 1.54) is 7.11 Å². The standard InChI is InChI=1S/C44H46ClN7O4/c1-4-24-51(39(53)26-30-12-8-6-9-13-30)28-37-46-27-36(47-37)33-20-16-31(17-21-33)32-18-22-35(23-19-32)40-42(45)49-38(48-40)29-52(25-5-2)43(54)41(50-44(55)56-3)34-14-10-7-11-15-34/h6-23,27,41H,4-5,24-26,28-29H2,1-3H3,(H,46,47)(H,48,49)(H,50,55)/t41-/m1/s1. The second kappa shape index (κ2) is 18.9. The Bertz CT molecular complexity index is 2200. The van der Waals surface area contributed by atoms with Gasteiger partial charge < -0.3 is 29.8 Å². The van der Waals surface area contributed by atoms with Crippen LogP contribution < -0.4 is 5.32 Å². The molecular formula is C44H46ClN7O4. The van der Waals surface area contributed by atoms with Crippen molar-refractivity contribution in [1.29, 1.82) is 0 Å². The Morgan fingerprint density at radius 3 is 1.93 bits per heavy atom. The number of nitrogens with zero attached hydrogens (tertiary/aromatic N) is 4. The maximum absolute atomic E-state index is 13.8. The molecule has 288 valence electrons. The fraction of sp³-hybridized carbons (Fsp3) is 0.250. The van der Waals surface area contributed by atoms with Crippen LogP contribution in [0.5, 0.6) is 0 Å². The highest BCUT2D eigenvalue weighted by molar-refractivity contribution is 6.31. The largest absolute Gasteiger partial charge is 0.453 e. The summed E-state index contributed by atoms with van der Waals surface area (Å²) in [5, 5.41) is 2.97. The number of imidazole rings is 2. The molecule has 0 aliphatic rings. The van der Waals surface area contributed by atoms with Gasteiger partial charge in [0, 0.05) is 18.7 Å². The normalized spacial score (nSPS) is 11.5. The highest BCUT2D eigenvalue weighted by atomic mass is 35.5. The minimum atomic E-state index is -0.928. The Hall–Kier alpha value is -6.20. The second-order valence-electron chi connectivity index (χ2n) is 13.5. The van der Waals surface area contributed by atoms with Gasteiger partial charge in [0.25, 0.3) is 0 Å². The molecule has 0 aliphatic carbocycles. The van der Waals surface area contributed by atoms with Gasteiger partial charge in [-0.15, -0.1) is 0 Å². The number of ether oxygens (including phenoxy) is 1. The van der Waals surface area contributed by atoms with Crippen molar-refractivity contribution in [1.82, 2.24) is 35.1 Å². The van der Waals surface area contributed by atoms with E-state index in [0.717, 1.165) is 45.8 Å². The number of rotatable bonds is 16. The summed E-state index contributed by atoms with van der Waals surface area (Å²) in [7, 11) is 1.26. The molecule has 0 spiro atoms. The maximum Gasteiger partial charge on any atom is 0.407 e. The van der Waals surface area contributed by atoms with Crippen LogP contribution in [-0.4, -0.2) is 67.8 Å². The fourth-order valence-corrected chi connectivity index (χ4v) is 6.82. The number of hydrogen-bond donors (Lipinski definition) is 3. The number of halogens is 1. The smallest absolute Gasteiger partial charge is 0.407 e. The molecule has 6 aromatic rings. The van der Waals surface area contributed by atoms with Gasteiger partial charge in [0.05, 0.1) is 44.2 Å². The van der Waals surface area contributed by atoms with Crippen molar-refractivity contribution in [3.05, 3.63) is 143 Å². The molecule has 0 saturated heterocycles. The third-order valence-electron chi connectivity index (χ3n) is 9.40. The van der Waals surface area contributed by atoms with Crippen molar-refractivity contribution in [3.63, 3.8) is 0 Å². The average Bonchev–Trinajstić information content (AvgIpc) is 3.86. The van der Waals surface area contributed by atoms with Gasteiger partial charge in [0.2, 0.25) is 11.8 Å². The summed E-state index contributed by atoms with van der Waals surface area (Å²) in [5.41, 5.74) is 7.08. The number of H-pyrrole nitrogens is 2. The molecule has 0 radical (unpaired) electrons. The van der Waals surface area contributed by atoms with Gasteiger partial charge in [-0.1, -0.05) is 135 Å². The third kappa shape index (κ3) is 9.91. The van der Waals surface area contributed by atoms with Crippen LogP contribution in [0.3, 0.4) is 0 Å². The molecule has 3 amide bonds. The van der Waals surface area contributed by atoms with Crippen LogP contribution in [0.2, 0.25) is 5.15 Å². The number of methoxy groups -OCH3 is 1. The van der Waals surface area contributed by atoms with Crippen LogP contribution in [0.4, 0.5) is 4.79 Å². The fourth-order valence-electron chi connectivity index (χ4n) is 6.56. The van der Waals surface area contributed by atoms with Crippen molar-refractivity contribution in [3.8, 4) is 33.6 Å². The minimum absolute atomic E-state index is 0.0794. The highest BCUT2D eigenvalue weighted by Crippen LogP contribution is 2.30. The zero-order valence-electron chi connectivity index (χ0n) is 31.8. The lowest BCUT2D eigenvalue weighted by molar-refractivity contribution is -0.134. The molecular weight excluding hydrogens is 726 g/mol. The Balaban J connectivity index is 1.11. The molecule has 4 aromatic carbocycles. The SMILES string of the molecule is CCCN(Cc1ncc(-c2ccc(-c3ccc(-c4[nH]c(CN(CCC)C(=O)[C@H](NC(=O)OC)c5ccccc5)nc4Cl)cc3)cc2)[nH]1)C(=O)Cc1ccccc1. The van der Waals surface area contributed by atoms with Gasteiger partial charge in [-0.05, 0) is 40.7 Å². The van der Waals surface area contributed by atoms with E-state index < -0.39 is 12.1 Å². The van der Waals surface area contributed by atoms with E-state index in [1.54, 1.807) is 17.0 Å². The van der Waals surface area contributed by atoms with Gasteiger partial charge in [0.15, 0.2) is 5.15 Å². The molecule has 6 rings (SSSR count). The first-order valence-corrected chi connectivity index (χ1v) is 19.1. The molecule has 3 N–H and O–H groups in total. The zero-order valence-corrected chi connectivity index (χ0v) is 32.6. The van der Waals surface area contributed by atoms with E-state index in [4.69, 9.17) is 16.3 Å². The first-order valence-electron chi connectivity index (χ1n) is 18.8. The predicted octanol–water partition coefficient (Wildman–Crippen LogP) is 8.60. The quantitative estimate of drug-likeness (QED) is 0.0902. The number of alkyl carbamates (subject to hydrolysis) is 1. The molecule has 11 nitrogen and oxygen atoms in total. The summed E-state index contributed by atoms with van der Waals surface area (Å²) in [6.45, 7) is 5.75. The monoisotopic (exact) mass is 771 g/mol. The van der Waals surface area contributed by atoms with E-state index in [-0.39, 0.29) is 18.4 Å². The minimum Gasteiger partial charge on any atom is -0.453 e. The number of amides is 3. The van der Waals surface area contributed by atoms with Crippen molar-refractivity contribution in [2.75, 3.05) is 20.2 Å². The Morgan fingerprint density at radius 1 is 0.732 bits per heavy atom. The van der Waals surface area contributed by atoms with E-state index >= 15 is 0 Å². The Labute approximate surface area is 332 Å². The van der Waals surface area contributed by atoms with E-state index in [2.05, 4.69) is 56.4 Å². The molecule has 12 heteroatoms. The number of hydrogen-bond acceptors (Lipinski definition) is 6. The van der Waals surface area contributed by atoms with Crippen LogP contribution in [0, 0.1) is 0 Å². The van der Waals surface area contributed by atoms with Crippen LogP contribution in [0.15, 0.2) is 115 Å². The van der Waals surface area contributed by atoms with Gasteiger partial charge >= 0.3 is 6.09 Å². The summed E-state index contributed by atoms with van der Waals surface area (Å²) in [6, 6.07) is 34.2. The van der Waals surface area contributed by atoms with E-state index in [9.17, 15) is 14.4 Å². The topological polar surface area (TPSA) is 136 Å². The van der Waals surface area contributed by atoms with E-state index in [1.807, 2.05) is 90.8 Å². The van der Waals surface area contributed by atoms with Crippen LogP contribution in [-0.2, 0) is 33.8 Å². The van der Waals surface area contributed by atoms with Crippen LogP contribution in [0.25, 0.3) is 33.6 Å². The highest BCUT2D eigenvalue weighted by Gasteiger charge is 2.28. The molecule has 2 heterocycles. The Morgan fingerprint density at radius 2 is 1.30 bits per heavy atom. The lowest BCUT2D eigenvalue weighted by Crippen LogP contribution is -2.43. The Kier molecular flexibility index (Phi) is 13.3. The number of nitrogens with one attached hydrogen (secondary N) is 3. The van der Waals surface area contributed by atoms with E-state index in [0.29, 0.717) is 54.7 Å². The van der Waals surface area contributed by atoms with Gasteiger partial charge in [-0.2, -0.15) is 0 Å². The second-order valence-corrected chi connectivity index (χ2v) is 13.8. The number of carbonyl (C=O) groups excluding carboxylic acids is 3. The molecule has 0 fully saturated rings.